The maximum Gasteiger partial charge on any atom is 0.275 e. The minimum Gasteiger partial charge on any atom is -0.339 e. The number of rotatable bonds is 4. The van der Waals surface area contributed by atoms with Crippen LogP contribution >= 0.6 is 0 Å². The topological polar surface area (TPSA) is 74.8 Å². The number of carbonyl (C=O) groups excluding carboxylic acids is 1. The molecule has 0 aliphatic carbocycles. The minimum absolute atomic E-state index is 0.238. The van der Waals surface area contributed by atoms with E-state index in [1.165, 1.54) is 15.9 Å². The van der Waals surface area contributed by atoms with Crippen molar-refractivity contribution in [2.45, 2.75) is 6.42 Å². The first kappa shape index (κ1) is 12.8. The van der Waals surface area contributed by atoms with Gasteiger partial charge in [0.15, 0.2) is 5.69 Å². The molecule has 96 valence electrons. The monoisotopic (exact) mass is 255 g/mol. The van der Waals surface area contributed by atoms with Crippen molar-refractivity contribution >= 4 is 5.91 Å². The van der Waals surface area contributed by atoms with Crippen molar-refractivity contribution in [1.29, 1.82) is 5.26 Å². The summed E-state index contributed by atoms with van der Waals surface area (Å²) in [7, 11) is 1.64. The lowest BCUT2D eigenvalue weighted by atomic mass is 10.3. The molecule has 19 heavy (non-hydrogen) atoms. The molecule has 6 heteroatoms. The van der Waals surface area contributed by atoms with Crippen LogP contribution in [0.3, 0.4) is 0 Å². The van der Waals surface area contributed by atoms with Crippen molar-refractivity contribution in [2.24, 2.45) is 0 Å². The molecule has 1 heterocycles. The summed E-state index contributed by atoms with van der Waals surface area (Å²) in [6.07, 6.45) is 1.73. The molecule has 2 aromatic rings. The van der Waals surface area contributed by atoms with Gasteiger partial charge in [-0.2, -0.15) is 15.2 Å². The van der Waals surface area contributed by atoms with E-state index in [-0.39, 0.29) is 11.6 Å². The molecule has 0 radical (unpaired) electrons. The second-order valence-corrected chi connectivity index (χ2v) is 3.99. The summed E-state index contributed by atoms with van der Waals surface area (Å²) in [5.74, 6) is -0.238. The largest absolute Gasteiger partial charge is 0.339 e. The van der Waals surface area contributed by atoms with Gasteiger partial charge in [0, 0.05) is 13.6 Å². The van der Waals surface area contributed by atoms with E-state index in [0.717, 1.165) is 5.69 Å². The number of nitrogens with zero attached hydrogens (tertiary/aromatic N) is 5. The maximum atomic E-state index is 12.0. The summed E-state index contributed by atoms with van der Waals surface area (Å²) in [4.78, 5) is 14.9. The molecule has 0 saturated carbocycles. The molecular weight excluding hydrogens is 242 g/mol. The van der Waals surface area contributed by atoms with E-state index in [0.29, 0.717) is 13.0 Å². The van der Waals surface area contributed by atoms with Gasteiger partial charge < -0.3 is 4.90 Å². The van der Waals surface area contributed by atoms with Gasteiger partial charge in [-0.1, -0.05) is 18.2 Å². The van der Waals surface area contributed by atoms with Crippen LogP contribution in [0, 0.1) is 11.3 Å². The number of benzene rings is 1. The average Bonchev–Trinajstić information content (AvgIpc) is 2.94. The number of amides is 1. The normalized spacial score (nSPS) is 9.89. The number of hydrogen-bond acceptors (Lipinski definition) is 4. The Labute approximate surface area is 110 Å². The highest BCUT2D eigenvalue weighted by molar-refractivity contribution is 5.91. The van der Waals surface area contributed by atoms with Gasteiger partial charge in [0.25, 0.3) is 5.91 Å². The Morgan fingerprint density at radius 3 is 2.84 bits per heavy atom. The lowest BCUT2D eigenvalue weighted by Crippen LogP contribution is -2.28. The van der Waals surface area contributed by atoms with Crippen LogP contribution in [0.5, 0.6) is 0 Å². The first-order valence-electron chi connectivity index (χ1n) is 5.82. The molecule has 0 unspecified atom stereocenters. The van der Waals surface area contributed by atoms with E-state index in [2.05, 4.69) is 10.2 Å². The summed E-state index contributed by atoms with van der Waals surface area (Å²) in [6.45, 7) is 0.382. The van der Waals surface area contributed by atoms with E-state index in [1.807, 2.05) is 36.4 Å². The fourth-order valence-corrected chi connectivity index (χ4v) is 1.56. The predicted octanol–water partition coefficient (Wildman–Crippen LogP) is 1.25. The van der Waals surface area contributed by atoms with Gasteiger partial charge in [-0.3, -0.25) is 4.79 Å². The average molecular weight is 255 g/mol. The van der Waals surface area contributed by atoms with Gasteiger partial charge >= 0.3 is 0 Å². The van der Waals surface area contributed by atoms with E-state index in [1.54, 1.807) is 7.05 Å². The molecule has 0 fully saturated rings. The van der Waals surface area contributed by atoms with Crippen LogP contribution in [0.25, 0.3) is 5.69 Å². The van der Waals surface area contributed by atoms with E-state index >= 15 is 0 Å². The van der Waals surface area contributed by atoms with Crippen LogP contribution in [0.1, 0.15) is 16.9 Å². The smallest absolute Gasteiger partial charge is 0.275 e. The Morgan fingerprint density at radius 1 is 1.42 bits per heavy atom. The Balaban J connectivity index is 2.13. The fourth-order valence-electron chi connectivity index (χ4n) is 1.56. The van der Waals surface area contributed by atoms with Crippen molar-refractivity contribution < 1.29 is 4.79 Å². The predicted molar refractivity (Wildman–Crippen MR) is 68.5 cm³/mol. The van der Waals surface area contributed by atoms with Gasteiger partial charge in [-0.15, -0.1) is 5.10 Å². The third-order valence-corrected chi connectivity index (χ3v) is 2.60. The van der Waals surface area contributed by atoms with Gasteiger partial charge in [0.05, 0.1) is 24.4 Å². The Bertz CT molecular complexity index is 599. The molecule has 0 bridgehead atoms. The molecule has 0 spiro atoms. The van der Waals surface area contributed by atoms with Gasteiger partial charge in [-0.05, 0) is 12.1 Å². The summed E-state index contributed by atoms with van der Waals surface area (Å²) in [5.41, 5.74) is 1.06. The highest BCUT2D eigenvalue weighted by atomic mass is 16.2. The van der Waals surface area contributed by atoms with Crippen molar-refractivity contribution in [2.75, 3.05) is 13.6 Å². The molecule has 0 atom stereocenters. The zero-order valence-corrected chi connectivity index (χ0v) is 10.5. The van der Waals surface area contributed by atoms with Gasteiger partial charge in [-0.25, -0.2) is 0 Å². The van der Waals surface area contributed by atoms with Crippen LogP contribution in [0.15, 0.2) is 36.5 Å². The zero-order valence-electron chi connectivity index (χ0n) is 10.5. The van der Waals surface area contributed by atoms with Gasteiger partial charge in [0.2, 0.25) is 0 Å². The molecule has 0 N–H and O–H groups in total. The molecule has 0 saturated heterocycles. The first-order chi connectivity index (χ1) is 9.22. The maximum absolute atomic E-state index is 12.0. The second kappa shape index (κ2) is 5.78. The highest BCUT2D eigenvalue weighted by Crippen LogP contribution is 2.05. The number of aromatic nitrogens is 3. The molecule has 0 aliphatic rings. The van der Waals surface area contributed by atoms with Crippen molar-refractivity contribution in [3.05, 3.63) is 42.2 Å². The minimum atomic E-state index is -0.238. The molecule has 2 rings (SSSR count). The SMILES string of the molecule is CN(CCC#N)C(=O)c1cnn(-c2ccccc2)n1. The number of para-hydroxylation sites is 1. The molecule has 1 aromatic heterocycles. The van der Waals surface area contributed by atoms with Crippen LogP contribution in [-0.2, 0) is 0 Å². The summed E-state index contributed by atoms with van der Waals surface area (Å²) >= 11 is 0. The van der Waals surface area contributed by atoms with Crippen molar-refractivity contribution in [1.82, 2.24) is 19.9 Å². The number of nitriles is 1. The highest BCUT2D eigenvalue weighted by Gasteiger charge is 2.15. The van der Waals surface area contributed by atoms with Crippen LogP contribution in [0.4, 0.5) is 0 Å². The van der Waals surface area contributed by atoms with E-state index in [9.17, 15) is 4.79 Å². The zero-order chi connectivity index (χ0) is 13.7. The van der Waals surface area contributed by atoms with Crippen molar-refractivity contribution in [3.8, 4) is 11.8 Å². The molecule has 1 aromatic carbocycles. The molecule has 1 amide bonds. The first-order valence-corrected chi connectivity index (χ1v) is 5.82. The second-order valence-electron chi connectivity index (χ2n) is 3.99. The van der Waals surface area contributed by atoms with E-state index < -0.39 is 0 Å². The third kappa shape index (κ3) is 2.96. The number of hydrogen-bond donors (Lipinski definition) is 0. The lowest BCUT2D eigenvalue weighted by Gasteiger charge is -2.12. The van der Waals surface area contributed by atoms with E-state index in [4.69, 9.17) is 5.26 Å². The molecule has 6 nitrogen and oxygen atoms in total. The Hall–Kier alpha value is -2.68. The van der Waals surface area contributed by atoms with Crippen LogP contribution in [-0.4, -0.2) is 39.4 Å². The Morgan fingerprint density at radius 2 is 2.16 bits per heavy atom. The lowest BCUT2D eigenvalue weighted by molar-refractivity contribution is 0.0792. The fraction of sp³-hybridized carbons (Fsp3) is 0.231. The summed E-state index contributed by atoms with van der Waals surface area (Å²) in [5, 5.41) is 16.7. The van der Waals surface area contributed by atoms with Crippen LogP contribution in [0.2, 0.25) is 0 Å². The molecular formula is C13H13N5O. The summed E-state index contributed by atoms with van der Waals surface area (Å²) in [6, 6.07) is 11.4. The summed E-state index contributed by atoms with van der Waals surface area (Å²) < 4.78 is 0. The standard InChI is InChI=1S/C13H13N5O/c1-17(9-5-8-14)13(19)12-10-15-18(16-12)11-6-3-2-4-7-11/h2-4,6-7,10H,5,9H2,1H3. The van der Waals surface area contributed by atoms with Gasteiger partial charge in [0.1, 0.15) is 0 Å². The quantitative estimate of drug-likeness (QED) is 0.824. The van der Waals surface area contributed by atoms with Crippen molar-refractivity contribution in [3.63, 3.8) is 0 Å². The third-order valence-electron chi connectivity index (χ3n) is 2.60. The number of carbonyl (C=O) groups is 1. The molecule has 0 aliphatic heterocycles. The van der Waals surface area contributed by atoms with Crippen LogP contribution < -0.4 is 0 Å². The Kier molecular flexibility index (Phi) is 3.88.